The number of aryl methyl sites for hydroxylation is 1. The van der Waals surface area contributed by atoms with Crippen molar-refractivity contribution in [1.29, 1.82) is 0 Å². The van der Waals surface area contributed by atoms with Gasteiger partial charge in [-0.05, 0) is 54.8 Å². The van der Waals surface area contributed by atoms with Crippen LogP contribution in [0.4, 0.5) is 13.2 Å². The van der Waals surface area contributed by atoms with E-state index in [9.17, 15) is 22.8 Å². The second-order valence-electron chi connectivity index (χ2n) is 10.5. The lowest BCUT2D eigenvalue weighted by Crippen LogP contribution is -2.59. The van der Waals surface area contributed by atoms with E-state index in [1.807, 2.05) is 12.1 Å². The highest BCUT2D eigenvalue weighted by Crippen LogP contribution is 2.44. The van der Waals surface area contributed by atoms with Gasteiger partial charge in [-0.3, -0.25) is 14.6 Å². The minimum Gasteiger partial charge on any atom is -0.496 e. The molecule has 0 bridgehead atoms. The van der Waals surface area contributed by atoms with Crippen molar-refractivity contribution in [2.24, 2.45) is 5.73 Å². The lowest BCUT2D eigenvalue weighted by Gasteiger charge is -2.37. The van der Waals surface area contributed by atoms with E-state index in [2.05, 4.69) is 15.4 Å². The van der Waals surface area contributed by atoms with Crippen LogP contribution >= 0.6 is 23.2 Å². The maximum atomic E-state index is 14.0. The number of methoxy groups -OCH3 is 1. The lowest BCUT2D eigenvalue weighted by molar-refractivity contribution is -0.179. The molecule has 2 aromatic heterocycles. The largest absolute Gasteiger partial charge is 0.496 e. The molecule has 228 valence electrons. The van der Waals surface area contributed by atoms with Gasteiger partial charge in [0.05, 0.1) is 24.1 Å². The molecule has 1 aliphatic heterocycles. The van der Waals surface area contributed by atoms with Crippen LogP contribution in [0.25, 0.3) is 28.1 Å². The van der Waals surface area contributed by atoms with E-state index < -0.39 is 30.6 Å². The van der Waals surface area contributed by atoms with Crippen molar-refractivity contribution in [3.63, 3.8) is 0 Å². The second-order valence-corrected chi connectivity index (χ2v) is 11.4. The molecule has 0 spiro atoms. The van der Waals surface area contributed by atoms with Crippen molar-refractivity contribution in [3.8, 4) is 33.8 Å². The Hall–Kier alpha value is -4.13. The molecule has 1 atom stereocenters. The third kappa shape index (κ3) is 5.37. The van der Waals surface area contributed by atoms with Crippen LogP contribution in [-0.2, 0) is 12.8 Å². The number of pyridine rings is 1. The molecular formula is C30H25Cl2F3N6O3. The highest BCUT2D eigenvalue weighted by molar-refractivity contribution is 6.34. The summed E-state index contributed by atoms with van der Waals surface area (Å²) in [5, 5.41) is 7.98. The Balaban J connectivity index is 1.58. The molecule has 4 aromatic rings. The van der Waals surface area contributed by atoms with Crippen molar-refractivity contribution in [2.45, 2.75) is 25.1 Å². The first-order valence-electron chi connectivity index (χ1n) is 13.6. The number of halogens is 5. The Morgan fingerprint density at radius 3 is 2.48 bits per heavy atom. The van der Waals surface area contributed by atoms with E-state index in [-0.39, 0.29) is 24.3 Å². The first kappa shape index (κ1) is 29.9. The zero-order chi connectivity index (χ0) is 31.3. The smallest absolute Gasteiger partial charge is 0.410 e. The summed E-state index contributed by atoms with van der Waals surface area (Å²) in [5.74, 6) is -0.951. The number of amides is 2. The number of hydrogen-bond acceptors (Lipinski definition) is 6. The topological polar surface area (TPSA) is 115 Å². The number of nitrogens with two attached hydrogens (primary N) is 1. The van der Waals surface area contributed by atoms with Crippen molar-refractivity contribution in [2.75, 3.05) is 26.7 Å². The van der Waals surface area contributed by atoms with E-state index in [1.54, 1.807) is 30.5 Å². The van der Waals surface area contributed by atoms with Crippen LogP contribution in [0.15, 0.2) is 48.8 Å². The number of rotatable bonds is 5. The average Bonchev–Trinajstić information content (AvgIpc) is 3.39. The van der Waals surface area contributed by atoms with Gasteiger partial charge < -0.3 is 20.7 Å². The number of benzene rings is 2. The summed E-state index contributed by atoms with van der Waals surface area (Å²) >= 11 is 12.7. The quantitative estimate of drug-likeness (QED) is 0.313. The molecule has 2 amide bonds. The molecule has 0 unspecified atom stereocenters. The van der Waals surface area contributed by atoms with Crippen molar-refractivity contribution in [3.05, 3.63) is 81.2 Å². The fraction of sp³-hybridized carbons (Fsp3) is 0.267. The number of alkyl halides is 3. The minimum absolute atomic E-state index is 0.0762. The number of primary amides is 1. The average molecular weight is 645 g/mol. The van der Waals surface area contributed by atoms with Crippen LogP contribution in [0.2, 0.25) is 10.0 Å². The number of hydrogen-bond donors (Lipinski definition) is 2. The predicted molar refractivity (Wildman–Crippen MR) is 158 cm³/mol. The first-order chi connectivity index (χ1) is 21.0. The van der Waals surface area contributed by atoms with Crippen LogP contribution in [0.1, 0.15) is 32.0 Å². The summed E-state index contributed by atoms with van der Waals surface area (Å²) in [6.07, 6.45) is -0.912. The Kier molecular flexibility index (Phi) is 7.76. The Morgan fingerprint density at radius 2 is 1.80 bits per heavy atom. The molecule has 2 aromatic carbocycles. The molecule has 14 heteroatoms. The maximum absolute atomic E-state index is 14.0. The Bertz CT molecular complexity index is 1790. The molecule has 1 saturated heterocycles. The lowest BCUT2D eigenvalue weighted by atomic mass is 9.86. The standard InChI is InChI=1S/C30H25Cl2F3N6O3/c1-44-24-7-15-2-3-21-26(29(43)40-5-4-37-14-25(40)30(33,34)35)39-41(20-9-18(31)8-19(32)10-20)27(21)23(15)11-22(24)16-6-17(28(36)42)13-38-12-16/h6-13,25,37H,2-5,14H2,1H3,(H2,36,42)/t25-/m0/s1. The van der Waals surface area contributed by atoms with Gasteiger partial charge in [0.1, 0.15) is 11.8 Å². The highest BCUT2D eigenvalue weighted by atomic mass is 35.5. The minimum atomic E-state index is -4.63. The summed E-state index contributed by atoms with van der Waals surface area (Å²) in [5.41, 5.74) is 9.71. The molecule has 44 heavy (non-hydrogen) atoms. The van der Waals surface area contributed by atoms with Crippen molar-refractivity contribution >= 4 is 35.0 Å². The SMILES string of the molecule is COc1cc2c(cc1-c1cncc(C(N)=O)c1)-c1c(c(C(=O)N3CCNC[C@H]3C(F)(F)F)nn1-c1cc(Cl)cc(Cl)c1)CC2. The van der Waals surface area contributed by atoms with E-state index >= 15 is 0 Å². The van der Waals surface area contributed by atoms with Gasteiger partial charge in [0.25, 0.3) is 5.91 Å². The number of carbonyl (C=O) groups is 2. The Labute approximate surface area is 259 Å². The molecular weight excluding hydrogens is 620 g/mol. The number of aromatic nitrogens is 3. The van der Waals surface area contributed by atoms with Gasteiger partial charge in [0, 0.05) is 64.3 Å². The van der Waals surface area contributed by atoms with Crippen LogP contribution < -0.4 is 15.8 Å². The van der Waals surface area contributed by atoms with Crippen LogP contribution in [0, 0.1) is 0 Å². The number of ether oxygens (including phenoxy) is 1. The van der Waals surface area contributed by atoms with Gasteiger partial charge in [0.2, 0.25) is 5.91 Å². The summed E-state index contributed by atoms with van der Waals surface area (Å²) in [6.45, 7) is -0.323. The van der Waals surface area contributed by atoms with Crippen LogP contribution in [0.5, 0.6) is 5.75 Å². The van der Waals surface area contributed by atoms with E-state index in [1.165, 1.54) is 18.0 Å². The van der Waals surface area contributed by atoms with Gasteiger partial charge in [-0.15, -0.1) is 0 Å². The number of nitrogens with zero attached hydrogens (tertiary/aromatic N) is 4. The zero-order valence-electron chi connectivity index (χ0n) is 23.2. The summed E-state index contributed by atoms with van der Waals surface area (Å²) < 4.78 is 49.1. The molecule has 1 fully saturated rings. The summed E-state index contributed by atoms with van der Waals surface area (Å²) in [6, 6.07) is 8.03. The van der Waals surface area contributed by atoms with Crippen molar-refractivity contribution in [1.82, 2.24) is 25.0 Å². The zero-order valence-corrected chi connectivity index (χ0v) is 24.7. The highest BCUT2D eigenvalue weighted by Gasteiger charge is 2.47. The van der Waals surface area contributed by atoms with Gasteiger partial charge in [-0.2, -0.15) is 18.3 Å². The van der Waals surface area contributed by atoms with Crippen LogP contribution in [-0.4, -0.2) is 70.4 Å². The summed E-state index contributed by atoms with van der Waals surface area (Å²) in [4.78, 5) is 30.8. The predicted octanol–water partition coefficient (Wildman–Crippen LogP) is 5.09. The van der Waals surface area contributed by atoms with Crippen LogP contribution in [0.3, 0.4) is 0 Å². The molecule has 2 aliphatic rings. The molecule has 6 rings (SSSR count). The number of nitrogens with one attached hydrogen (secondary N) is 1. The van der Waals surface area contributed by atoms with Gasteiger partial charge in [-0.1, -0.05) is 23.2 Å². The van der Waals surface area contributed by atoms with Gasteiger partial charge >= 0.3 is 6.18 Å². The molecule has 1 aliphatic carbocycles. The third-order valence-electron chi connectivity index (χ3n) is 7.82. The normalized spacial score (nSPS) is 16.3. The van der Waals surface area contributed by atoms with Crippen molar-refractivity contribution < 1.29 is 27.5 Å². The number of fused-ring (bicyclic) bond motifs is 3. The van der Waals surface area contributed by atoms with E-state index in [4.69, 9.17) is 33.7 Å². The fourth-order valence-electron chi connectivity index (χ4n) is 5.79. The van der Waals surface area contributed by atoms with E-state index in [0.29, 0.717) is 62.3 Å². The fourth-order valence-corrected chi connectivity index (χ4v) is 6.30. The Morgan fingerprint density at radius 1 is 1.05 bits per heavy atom. The molecule has 9 nitrogen and oxygen atoms in total. The van der Waals surface area contributed by atoms with E-state index in [0.717, 1.165) is 10.5 Å². The number of carbonyl (C=O) groups excluding carboxylic acids is 2. The summed E-state index contributed by atoms with van der Waals surface area (Å²) in [7, 11) is 1.52. The monoisotopic (exact) mass is 644 g/mol. The molecule has 3 heterocycles. The second kappa shape index (κ2) is 11.4. The third-order valence-corrected chi connectivity index (χ3v) is 8.26. The number of piperazine rings is 1. The maximum Gasteiger partial charge on any atom is 0.410 e. The first-order valence-corrected chi connectivity index (χ1v) is 14.3. The molecule has 3 N–H and O–H groups in total. The van der Waals surface area contributed by atoms with Gasteiger partial charge in [0.15, 0.2) is 5.69 Å². The molecule has 0 saturated carbocycles. The van der Waals surface area contributed by atoms with Gasteiger partial charge in [-0.25, -0.2) is 4.68 Å². The molecule has 0 radical (unpaired) electrons.